The first-order chi connectivity index (χ1) is 12.3. The molecule has 3 rings (SSSR count). The quantitative estimate of drug-likeness (QED) is 0.808. The van der Waals surface area contributed by atoms with Crippen molar-refractivity contribution in [2.75, 3.05) is 26.5 Å². The van der Waals surface area contributed by atoms with Gasteiger partial charge >= 0.3 is 0 Å². The van der Waals surface area contributed by atoms with Gasteiger partial charge in [-0.2, -0.15) is 0 Å². The van der Waals surface area contributed by atoms with E-state index in [1.54, 1.807) is 24.1 Å². The number of sulfone groups is 1. The van der Waals surface area contributed by atoms with Gasteiger partial charge in [-0.15, -0.1) is 0 Å². The maximum absolute atomic E-state index is 13.0. The monoisotopic (exact) mass is 373 g/mol. The Morgan fingerprint density at radius 3 is 2.35 bits per heavy atom. The first-order valence-corrected chi connectivity index (χ1v) is 10.4. The molecule has 1 amide bonds. The maximum atomic E-state index is 13.0. The summed E-state index contributed by atoms with van der Waals surface area (Å²) in [6.07, 6.45) is 1.81. The summed E-state index contributed by atoms with van der Waals surface area (Å²) in [5, 5.41) is 0. The Morgan fingerprint density at radius 2 is 1.81 bits per heavy atom. The Kier molecular flexibility index (Phi) is 4.90. The zero-order valence-corrected chi connectivity index (χ0v) is 16.0. The molecule has 0 spiro atoms. The zero-order chi connectivity index (χ0) is 18.9. The molecule has 0 N–H and O–H groups in total. The van der Waals surface area contributed by atoms with Gasteiger partial charge in [0.1, 0.15) is 5.60 Å². The van der Waals surface area contributed by atoms with Crippen LogP contribution in [0.4, 0.5) is 0 Å². The molecule has 1 heterocycles. The van der Waals surface area contributed by atoms with Gasteiger partial charge in [0, 0.05) is 18.9 Å². The number of carbonyl (C=O) groups excluding carboxylic acids is 1. The second-order valence-electron chi connectivity index (χ2n) is 6.67. The van der Waals surface area contributed by atoms with E-state index in [1.807, 2.05) is 37.3 Å². The van der Waals surface area contributed by atoms with Crippen molar-refractivity contribution >= 4 is 15.7 Å². The van der Waals surface area contributed by atoms with E-state index in [-0.39, 0.29) is 10.8 Å². The largest absolute Gasteiger partial charge is 0.370 e. The number of carbonyl (C=O) groups is 1. The van der Waals surface area contributed by atoms with E-state index in [9.17, 15) is 13.2 Å². The van der Waals surface area contributed by atoms with E-state index in [1.165, 1.54) is 6.07 Å². The predicted octanol–water partition coefficient (Wildman–Crippen LogP) is 2.65. The molecule has 1 aliphatic heterocycles. The fourth-order valence-corrected chi connectivity index (χ4v) is 4.00. The van der Waals surface area contributed by atoms with Crippen LogP contribution in [-0.2, 0) is 26.6 Å². The fourth-order valence-electron chi connectivity index (χ4n) is 3.35. The predicted molar refractivity (Wildman–Crippen MR) is 100.0 cm³/mol. The molecular weight excluding hydrogens is 350 g/mol. The highest BCUT2D eigenvalue weighted by atomic mass is 32.2. The lowest BCUT2D eigenvalue weighted by molar-refractivity contribution is -0.114. The molecule has 0 radical (unpaired) electrons. The Morgan fingerprint density at radius 1 is 1.15 bits per heavy atom. The van der Waals surface area contributed by atoms with Crippen LogP contribution in [0.3, 0.4) is 0 Å². The Hall–Kier alpha value is -2.18. The Bertz CT molecular complexity index is 916. The summed E-state index contributed by atoms with van der Waals surface area (Å²) in [5.74, 6) is -0.157. The van der Waals surface area contributed by atoms with Gasteiger partial charge in [0.25, 0.3) is 5.91 Å². The number of likely N-dealkylation sites (tertiary alicyclic amines) is 1. The number of methoxy groups -OCH3 is 1. The van der Waals surface area contributed by atoms with Crippen LogP contribution in [0, 0.1) is 0 Å². The molecule has 0 aromatic heterocycles. The van der Waals surface area contributed by atoms with Crippen LogP contribution < -0.4 is 0 Å². The zero-order valence-electron chi connectivity index (χ0n) is 15.2. The molecule has 26 heavy (non-hydrogen) atoms. The molecular formula is C20H23NO4S. The number of hydrogen-bond acceptors (Lipinski definition) is 4. The molecule has 2 aromatic carbocycles. The first-order valence-electron chi connectivity index (χ1n) is 8.53. The number of hydrogen-bond donors (Lipinski definition) is 0. The number of aryl methyl sites for hydroxylation is 1. The van der Waals surface area contributed by atoms with Gasteiger partial charge in [-0.05, 0) is 29.7 Å². The van der Waals surface area contributed by atoms with E-state index in [0.717, 1.165) is 17.4 Å². The third-order valence-corrected chi connectivity index (χ3v) is 6.10. The van der Waals surface area contributed by atoms with Crippen molar-refractivity contribution in [3.8, 4) is 0 Å². The van der Waals surface area contributed by atoms with Crippen molar-refractivity contribution in [3.63, 3.8) is 0 Å². The maximum Gasteiger partial charge on any atom is 0.254 e. The molecule has 138 valence electrons. The third-order valence-electron chi connectivity index (χ3n) is 4.99. The topological polar surface area (TPSA) is 63.7 Å². The van der Waals surface area contributed by atoms with Gasteiger partial charge in [0.05, 0.1) is 18.0 Å². The second-order valence-corrected chi connectivity index (χ2v) is 8.69. The van der Waals surface area contributed by atoms with Gasteiger partial charge in [-0.25, -0.2) is 8.42 Å². The number of amides is 1. The normalized spacial score (nSPS) is 16.2. The minimum absolute atomic E-state index is 0.157. The number of rotatable bonds is 5. The number of ether oxygens (including phenoxy) is 1. The summed E-state index contributed by atoms with van der Waals surface area (Å²) in [6, 6.07) is 14.6. The van der Waals surface area contributed by atoms with Crippen molar-refractivity contribution < 1.29 is 17.9 Å². The number of nitrogens with zero attached hydrogens (tertiary/aromatic N) is 1. The van der Waals surface area contributed by atoms with E-state index < -0.39 is 15.4 Å². The average molecular weight is 373 g/mol. The highest BCUT2D eigenvalue weighted by Gasteiger charge is 2.47. The standard InChI is InChI=1S/C20H23NO4S/c1-4-15-10-11-17(26(3,23)24)12-18(15)19(22)21-13-20(14-21,25-2)16-8-6-5-7-9-16/h5-12H,4,13-14H2,1-3H3. The van der Waals surface area contributed by atoms with Gasteiger partial charge in [0.2, 0.25) is 0 Å². The van der Waals surface area contributed by atoms with Gasteiger partial charge in [-0.3, -0.25) is 4.79 Å². The first kappa shape index (κ1) is 18.6. The summed E-state index contributed by atoms with van der Waals surface area (Å²) in [4.78, 5) is 14.9. The molecule has 1 fully saturated rings. The van der Waals surface area contributed by atoms with Gasteiger partial charge in [-0.1, -0.05) is 43.3 Å². The highest BCUT2D eigenvalue weighted by Crippen LogP contribution is 2.36. The number of benzene rings is 2. The summed E-state index contributed by atoms with van der Waals surface area (Å²) in [5.41, 5.74) is 1.83. The lowest BCUT2D eigenvalue weighted by Crippen LogP contribution is -2.62. The van der Waals surface area contributed by atoms with Gasteiger partial charge < -0.3 is 9.64 Å². The van der Waals surface area contributed by atoms with Crippen molar-refractivity contribution in [1.82, 2.24) is 4.90 Å². The molecule has 5 nitrogen and oxygen atoms in total. The van der Waals surface area contributed by atoms with E-state index in [2.05, 4.69) is 0 Å². The Labute approximate surface area is 154 Å². The minimum atomic E-state index is -3.36. The lowest BCUT2D eigenvalue weighted by atomic mass is 9.85. The average Bonchev–Trinajstić information content (AvgIpc) is 2.60. The molecule has 2 aromatic rings. The van der Waals surface area contributed by atoms with Crippen LogP contribution in [0.2, 0.25) is 0 Å². The smallest absolute Gasteiger partial charge is 0.254 e. The SMILES string of the molecule is CCc1ccc(S(C)(=O)=O)cc1C(=O)N1CC(OC)(c2ccccc2)C1. The summed E-state index contributed by atoms with van der Waals surface area (Å²) < 4.78 is 29.4. The minimum Gasteiger partial charge on any atom is -0.370 e. The Balaban J connectivity index is 1.88. The third kappa shape index (κ3) is 3.27. The van der Waals surface area contributed by atoms with Crippen LogP contribution in [0.5, 0.6) is 0 Å². The summed E-state index contributed by atoms with van der Waals surface area (Å²) >= 11 is 0. The van der Waals surface area contributed by atoms with Crippen molar-refractivity contribution in [2.24, 2.45) is 0 Å². The molecule has 1 aliphatic rings. The molecule has 1 saturated heterocycles. The molecule has 0 atom stereocenters. The molecule has 0 bridgehead atoms. The van der Waals surface area contributed by atoms with E-state index >= 15 is 0 Å². The van der Waals surface area contributed by atoms with Crippen LogP contribution in [-0.4, -0.2) is 45.7 Å². The van der Waals surface area contributed by atoms with Crippen LogP contribution in [0.15, 0.2) is 53.4 Å². The summed E-state index contributed by atoms with van der Waals surface area (Å²) in [6.45, 7) is 2.84. The fraction of sp³-hybridized carbons (Fsp3) is 0.350. The van der Waals surface area contributed by atoms with Crippen LogP contribution in [0.1, 0.15) is 28.4 Å². The van der Waals surface area contributed by atoms with Gasteiger partial charge in [0.15, 0.2) is 9.84 Å². The highest BCUT2D eigenvalue weighted by molar-refractivity contribution is 7.90. The van der Waals surface area contributed by atoms with E-state index in [4.69, 9.17) is 4.74 Å². The van der Waals surface area contributed by atoms with Crippen LogP contribution >= 0.6 is 0 Å². The molecule has 0 aliphatic carbocycles. The lowest BCUT2D eigenvalue weighted by Gasteiger charge is -2.49. The van der Waals surface area contributed by atoms with E-state index in [0.29, 0.717) is 25.1 Å². The van der Waals surface area contributed by atoms with Crippen molar-refractivity contribution in [2.45, 2.75) is 23.8 Å². The molecule has 6 heteroatoms. The van der Waals surface area contributed by atoms with Crippen molar-refractivity contribution in [3.05, 3.63) is 65.2 Å². The van der Waals surface area contributed by atoms with Crippen LogP contribution in [0.25, 0.3) is 0 Å². The second kappa shape index (κ2) is 6.85. The van der Waals surface area contributed by atoms with Crippen molar-refractivity contribution in [1.29, 1.82) is 0 Å². The molecule has 0 unspecified atom stereocenters. The summed E-state index contributed by atoms with van der Waals surface area (Å²) in [7, 11) is -1.71. The molecule has 0 saturated carbocycles.